The lowest BCUT2D eigenvalue weighted by molar-refractivity contribution is -0.126. The Morgan fingerprint density at radius 3 is 2.79 bits per heavy atom. The van der Waals surface area contributed by atoms with E-state index in [1.807, 2.05) is 25.1 Å². The SMILES string of the molecule is CCCCC1CCC(C(=O)NCCn2ncc3c(=O)n(Cc4cccc(C)c4)cnc32)CC1. The zero-order valence-corrected chi connectivity index (χ0v) is 19.8. The maximum absolute atomic E-state index is 12.9. The summed E-state index contributed by atoms with van der Waals surface area (Å²) in [4.78, 5) is 30.0. The number of rotatable bonds is 9. The number of carbonyl (C=O) groups is 1. The summed E-state index contributed by atoms with van der Waals surface area (Å²) in [6, 6.07) is 8.11. The molecule has 1 aliphatic carbocycles. The number of benzene rings is 1. The van der Waals surface area contributed by atoms with Crippen molar-refractivity contribution in [3.05, 3.63) is 58.3 Å². The van der Waals surface area contributed by atoms with Crippen LogP contribution in [0.15, 0.2) is 41.6 Å². The maximum Gasteiger partial charge on any atom is 0.264 e. The molecule has 7 heteroatoms. The van der Waals surface area contributed by atoms with E-state index in [1.54, 1.807) is 21.8 Å². The van der Waals surface area contributed by atoms with E-state index >= 15 is 0 Å². The normalized spacial score (nSPS) is 18.5. The molecule has 2 heterocycles. The number of nitrogens with zero attached hydrogens (tertiary/aromatic N) is 4. The summed E-state index contributed by atoms with van der Waals surface area (Å²) >= 11 is 0. The third-order valence-corrected chi connectivity index (χ3v) is 6.86. The summed E-state index contributed by atoms with van der Waals surface area (Å²) in [7, 11) is 0. The second-order valence-corrected chi connectivity index (χ2v) is 9.42. The Kier molecular flexibility index (Phi) is 7.57. The lowest BCUT2D eigenvalue weighted by Gasteiger charge is -2.27. The van der Waals surface area contributed by atoms with Gasteiger partial charge in [0.15, 0.2) is 5.65 Å². The Bertz CT molecular complexity index is 1140. The molecule has 33 heavy (non-hydrogen) atoms. The van der Waals surface area contributed by atoms with Gasteiger partial charge in [0.2, 0.25) is 5.91 Å². The number of unbranched alkanes of at least 4 members (excludes halogenated alkanes) is 1. The van der Waals surface area contributed by atoms with Crippen LogP contribution in [0.2, 0.25) is 0 Å². The summed E-state index contributed by atoms with van der Waals surface area (Å²) in [6.45, 7) is 5.73. The number of fused-ring (bicyclic) bond motifs is 1. The molecule has 1 N–H and O–H groups in total. The van der Waals surface area contributed by atoms with Gasteiger partial charge in [-0.3, -0.25) is 14.2 Å². The topological polar surface area (TPSA) is 81.8 Å². The van der Waals surface area contributed by atoms with Crippen LogP contribution >= 0.6 is 0 Å². The molecular formula is C26H35N5O2. The highest BCUT2D eigenvalue weighted by atomic mass is 16.2. The maximum atomic E-state index is 12.9. The molecule has 0 saturated heterocycles. The molecule has 7 nitrogen and oxygen atoms in total. The first-order valence-corrected chi connectivity index (χ1v) is 12.3. The first kappa shape index (κ1) is 23.2. The Morgan fingerprint density at radius 1 is 1.21 bits per heavy atom. The molecule has 176 valence electrons. The van der Waals surface area contributed by atoms with Crippen LogP contribution in [0.25, 0.3) is 11.0 Å². The molecule has 3 aromatic rings. The van der Waals surface area contributed by atoms with Gasteiger partial charge in [0, 0.05) is 12.5 Å². The highest BCUT2D eigenvalue weighted by Crippen LogP contribution is 2.31. The van der Waals surface area contributed by atoms with Crippen molar-refractivity contribution >= 4 is 16.9 Å². The molecule has 1 aliphatic rings. The molecule has 2 aromatic heterocycles. The number of aryl methyl sites for hydroxylation is 1. The molecule has 0 spiro atoms. The fourth-order valence-electron chi connectivity index (χ4n) is 4.92. The molecule has 1 saturated carbocycles. The van der Waals surface area contributed by atoms with Crippen LogP contribution < -0.4 is 10.9 Å². The number of aromatic nitrogens is 4. The number of nitrogens with one attached hydrogen (secondary N) is 1. The summed E-state index contributed by atoms with van der Waals surface area (Å²) in [5.74, 6) is 1.07. The lowest BCUT2D eigenvalue weighted by atomic mass is 9.79. The summed E-state index contributed by atoms with van der Waals surface area (Å²) in [5, 5.41) is 7.92. The van der Waals surface area contributed by atoms with Crippen molar-refractivity contribution in [1.29, 1.82) is 0 Å². The summed E-state index contributed by atoms with van der Waals surface area (Å²) in [6.07, 6.45) is 11.3. The van der Waals surface area contributed by atoms with Crippen molar-refractivity contribution in [2.75, 3.05) is 6.54 Å². The predicted octanol–water partition coefficient (Wildman–Crippen LogP) is 4.06. The molecular weight excluding hydrogens is 414 g/mol. The number of amides is 1. The van der Waals surface area contributed by atoms with Crippen LogP contribution in [0.1, 0.15) is 63.0 Å². The van der Waals surface area contributed by atoms with Crippen LogP contribution in [0.4, 0.5) is 0 Å². The van der Waals surface area contributed by atoms with E-state index in [0.29, 0.717) is 30.7 Å². The van der Waals surface area contributed by atoms with E-state index < -0.39 is 0 Å². The number of hydrogen-bond acceptors (Lipinski definition) is 4. The van der Waals surface area contributed by atoms with Gasteiger partial charge in [-0.2, -0.15) is 5.10 Å². The highest BCUT2D eigenvalue weighted by molar-refractivity contribution is 5.78. The quantitative estimate of drug-likeness (QED) is 0.534. The zero-order valence-electron chi connectivity index (χ0n) is 19.8. The molecule has 4 rings (SSSR count). The van der Waals surface area contributed by atoms with E-state index in [-0.39, 0.29) is 17.4 Å². The van der Waals surface area contributed by atoms with Gasteiger partial charge in [0.1, 0.15) is 11.7 Å². The van der Waals surface area contributed by atoms with Crippen molar-refractivity contribution in [3.8, 4) is 0 Å². The first-order valence-electron chi connectivity index (χ1n) is 12.3. The van der Waals surface area contributed by atoms with Gasteiger partial charge in [-0.05, 0) is 44.1 Å². The van der Waals surface area contributed by atoms with Crippen LogP contribution in [0, 0.1) is 18.8 Å². The molecule has 0 radical (unpaired) electrons. The van der Waals surface area contributed by atoms with Crippen molar-refractivity contribution in [2.45, 2.75) is 71.9 Å². The number of carbonyl (C=O) groups excluding carboxylic acids is 1. The molecule has 0 atom stereocenters. The van der Waals surface area contributed by atoms with Crippen molar-refractivity contribution in [1.82, 2.24) is 24.6 Å². The van der Waals surface area contributed by atoms with E-state index in [9.17, 15) is 9.59 Å². The third-order valence-electron chi connectivity index (χ3n) is 6.86. The van der Waals surface area contributed by atoms with Gasteiger partial charge in [-0.1, -0.05) is 56.0 Å². The van der Waals surface area contributed by atoms with Crippen molar-refractivity contribution in [3.63, 3.8) is 0 Å². The summed E-state index contributed by atoms with van der Waals surface area (Å²) < 4.78 is 3.32. The van der Waals surface area contributed by atoms with E-state index in [1.165, 1.54) is 32.1 Å². The van der Waals surface area contributed by atoms with Gasteiger partial charge in [-0.15, -0.1) is 0 Å². The van der Waals surface area contributed by atoms with E-state index in [2.05, 4.69) is 28.4 Å². The second-order valence-electron chi connectivity index (χ2n) is 9.42. The molecule has 0 unspecified atom stereocenters. The van der Waals surface area contributed by atoms with Gasteiger partial charge in [0.25, 0.3) is 5.56 Å². The average Bonchev–Trinajstić information content (AvgIpc) is 3.23. The van der Waals surface area contributed by atoms with E-state index in [0.717, 1.165) is 29.9 Å². The van der Waals surface area contributed by atoms with Crippen LogP contribution in [-0.4, -0.2) is 31.8 Å². The first-order chi connectivity index (χ1) is 16.0. The fourth-order valence-corrected chi connectivity index (χ4v) is 4.92. The molecule has 0 bridgehead atoms. The minimum atomic E-state index is -0.100. The molecule has 1 fully saturated rings. The van der Waals surface area contributed by atoms with Crippen LogP contribution in [0.3, 0.4) is 0 Å². The van der Waals surface area contributed by atoms with Gasteiger partial charge >= 0.3 is 0 Å². The average molecular weight is 450 g/mol. The monoisotopic (exact) mass is 449 g/mol. The standard InChI is InChI=1S/C26H35N5O2/c1-3-4-7-20-9-11-22(12-10-20)25(32)27-13-14-31-24-23(16-29-31)26(33)30(18-28-24)17-21-8-5-6-19(2)15-21/h5-6,8,15-16,18,20,22H,3-4,7,9-14,17H2,1-2H3,(H,27,32). The van der Waals surface area contributed by atoms with Crippen molar-refractivity contribution < 1.29 is 4.79 Å². The Hall–Kier alpha value is -2.96. The Balaban J connectivity index is 1.32. The smallest absolute Gasteiger partial charge is 0.264 e. The predicted molar refractivity (Wildman–Crippen MR) is 130 cm³/mol. The van der Waals surface area contributed by atoms with Crippen LogP contribution in [0.5, 0.6) is 0 Å². The van der Waals surface area contributed by atoms with Crippen molar-refractivity contribution in [2.24, 2.45) is 11.8 Å². The Morgan fingerprint density at radius 2 is 2.03 bits per heavy atom. The summed E-state index contributed by atoms with van der Waals surface area (Å²) in [5.41, 5.74) is 2.68. The van der Waals surface area contributed by atoms with Gasteiger partial charge in [-0.25, -0.2) is 9.67 Å². The number of hydrogen-bond donors (Lipinski definition) is 1. The zero-order chi connectivity index (χ0) is 23.2. The highest BCUT2D eigenvalue weighted by Gasteiger charge is 2.25. The molecule has 0 aliphatic heterocycles. The fraction of sp³-hybridized carbons (Fsp3) is 0.538. The Labute approximate surface area is 195 Å². The largest absolute Gasteiger partial charge is 0.354 e. The second kappa shape index (κ2) is 10.8. The minimum absolute atomic E-state index is 0.100. The lowest BCUT2D eigenvalue weighted by Crippen LogP contribution is -2.35. The molecule has 1 amide bonds. The van der Waals surface area contributed by atoms with Crippen LogP contribution in [-0.2, 0) is 17.9 Å². The van der Waals surface area contributed by atoms with E-state index in [4.69, 9.17) is 0 Å². The van der Waals surface area contributed by atoms with Gasteiger partial charge in [0.05, 0.1) is 19.3 Å². The minimum Gasteiger partial charge on any atom is -0.354 e. The molecule has 1 aromatic carbocycles. The third kappa shape index (κ3) is 5.70. The van der Waals surface area contributed by atoms with Gasteiger partial charge < -0.3 is 5.32 Å².